The first-order valence-electron chi connectivity index (χ1n) is 7.70. The van der Waals surface area contributed by atoms with Crippen LogP contribution in [0.25, 0.3) is 11.3 Å². The Morgan fingerprint density at radius 3 is 2.48 bits per heavy atom. The number of methoxy groups -OCH3 is 1. The van der Waals surface area contributed by atoms with Crippen molar-refractivity contribution in [1.29, 1.82) is 0 Å². The molecule has 0 aliphatic rings. The topological polar surface area (TPSA) is 107 Å². The smallest absolute Gasteiger partial charge is 0.337 e. The first kappa shape index (κ1) is 17.9. The summed E-state index contributed by atoms with van der Waals surface area (Å²) < 4.78 is 17.6. The molecule has 136 valence electrons. The van der Waals surface area contributed by atoms with Gasteiger partial charge in [0.25, 0.3) is 0 Å². The number of nitro groups is 1. The van der Waals surface area contributed by atoms with Gasteiger partial charge in [0, 0.05) is 23.5 Å². The molecule has 0 spiro atoms. The summed E-state index contributed by atoms with van der Waals surface area (Å²) in [5.41, 5.74) is 1.51. The second-order valence-electron chi connectivity index (χ2n) is 5.38. The van der Waals surface area contributed by atoms with Crippen LogP contribution in [0.1, 0.15) is 10.4 Å². The first-order chi connectivity index (χ1) is 13.0. The van der Waals surface area contributed by atoms with Crippen molar-refractivity contribution < 1.29 is 18.8 Å². The number of nitrogens with zero attached hydrogens (tertiary/aromatic N) is 3. The van der Waals surface area contributed by atoms with Crippen LogP contribution in [0.15, 0.2) is 54.7 Å². The van der Waals surface area contributed by atoms with Crippen LogP contribution in [0.4, 0.5) is 21.6 Å². The number of hydrogen-bond donors (Lipinski definition) is 1. The highest BCUT2D eigenvalue weighted by molar-refractivity contribution is 5.89. The summed E-state index contributed by atoms with van der Waals surface area (Å²) in [4.78, 5) is 30.0. The maximum Gasteiger partial charge on any atom is 0.337 e. The minimum absolute atomic E-state index is 0.00708. The molecule has 0 radical (unpaired) electrons. The number of pyridine rings is 2. The SMILES string of the molecule is COC(=O)c1ccc(Nc2nc(-c3ccc(F)nc3)ccc2[N+](=O)[O-])cc1. The summed E-state index contributed by atoms with van der Waals surface area (Å²) in [5, 5.41) is 14.1. The molecule has 3 rings (SSSR count). The highest BCUT2D eigenvalue weighted by atomic mass is 19.1. The zero-order valence-corrected chi connectivity index (χ0v) is 14.0. The largest absolute Gasteiger partial charge is 0.465 e. The molecule has 0 aliphatic carbocycles. The van der Waals surface area contributed by atoms with Gasteiger partial charge < -0.3 is 10.1 Å². The molecule has 27 heavy (non-hydrogen) atoms. The molecule has 0 saturated heterocycles. The number of halogens is 1. The van der Waals surface area contributed by atoms with E-state index in [9.17, 15) is 19.3 Å². The fourth-order valence-corrected chi connectivity index (χ4v) is 2.32. The minimum atomic E-state index is -0.635. The second kappa shape index (κ2) is 7.56. The molecule has 3 aromatic rings. The molecule has 2 aromatic heterocycles. The number of carbonyl (C=O) groups is 1. The van der Waals surface area contributed by atoms with E-state index in [1.54, 1.807) is 12.1 Å². The highest BCUT2D eigenvalue weighted by Crippen LogP contribution is 2.29. The maximum absolute atomic E-state index is 13.0. The van der Waals surface area contributed by atoms with Gasteiger partial charge in [0.1, 0.15) is 0 Å². The van der Waals surface area contributed by atoms with Crippen molar-refractivity contribution >= 4 is 23.2 Å². The van der Waals surface area contributed by atoms with Gasteiger partial charge in [0.05, 0.1) is 23.3 Å². The van der Waals surface area contributed by atoms with Crippen LogP contribution >= 0.6 is 0 Å². The van der Waals surface area contributed by atoms with Gasteiger partial charge in [-0.3, -0.25) is 10.1 Å². The number of hydrogen-bond acceptors (Lipinski definition) is 7. The quantitative estimate of drug-likeness (QED) is 0.316. The fourth-order valence-electron chi connectivity index (χ4n) is 2.32. The first-order valence-corrected chi connectivity index (χ1v) is 7.70. The standard InChI is InChI=1S/C18H13FN4O4/c1-27-18(24)11-2-5-13(6-3-11)21-17-15(23(25)26)8-7-14(22-17)12-4-9-16(19)20-10-12/h2-10H,1H3,(H,21,22). The lowest BCUT2D eigenvalue weighted by atomic mass is 10.2. The van der Waals surface area contributed by atoms with Crippen molar-refractivity contribution in [2.45, 2.75) is 0 Å². The van der Waals surface area contributed by atoms with E-state index in [0.717, 1.165) is 0 Å². The third kappa shape index (κ3) is 4.03. The Morgan fingerprint density at radius 2 is 1.89 bits per heavy atom. The van der Waals surface area contributed by atoms with Crippen LogP contribution < -0.4 is 5.32 Å². The average molecular weight is 368 g/mol. The fraction of sp³-hybridized carbons (Fsp3) is 0.0556. The number of ether oxygens (including phenoxy) is 1. The van der Waals surface area contributed by atoms with Crippen molar-refractivity contribution in [3.8, 4) is 11.3 Å². The summed E-state index contributed by atoms with van der Waals surface area (Å²) in [6.45, 7) is 0. The van der Waals surface area contributed by atoms with E-state index < -0.39 is 16.8 Å². The molecular weight excluding hydrogens is 355 g/mol. The Morgan fingerprint density at radius 1 is 1.15 bits per heavy atom. The zero-order chi connectivity index (χ0) is 19.4. The van der Waals surface area contributed by atoms with Gasteiger partial charge in [0.2, 0.25) is 11.8 Å². The Hall–Kier alpha value is -3.88. The van der Waals surface area contributed by atoms with Gasteiger partial charge in [-0.15, -0.1) is 0 Å². The van der Waals surface area contributed by atoms with Crippen LogP contribution in [-0.4, -0.2) is 28.0 Å². The zero-order valence-electron chi connectivity index (χ0n) is 14.0. The van der Waals surface area contributed by atoms with Gasteiger partial charge in [0.15, 0.2) is 0 Å². The van der Waals surface area contributed by atoms with Crippen molar-refractivity contribution in [2.24, 2.45) is 0 Å². The summed E-state index contributed by atoms with van der Waals surface area (Å²) >= 11 is 0. The van der Waals surface area contributed by atoms with Gasteiger partial charge in [-0.25, -0.2) is 14.8 Å². The van der Waals surface area contributed by atoms with E-state index in [2.05, 4.69) is 20.0 Å². The minimum Gasteiger partial charge on any atom is -0.465 e. The number of aromatic nitrogens is 2. The molecule has 0 unspecified atom stereocenters. The Balaban J connectivity index is 1.94. The molecule has 0 fully saturated rings. The number of esters is 1. The lowest BCUT2D eigenvalue weighted by Crippen LogP contribution is -2.03. The lowest BCUT2D eigenvalue weighted by Gasteiger charge is -2.09. The molecule has 0 aliphatic heterocycles. The van der Waals surface area contributed by atoms with Gasteiger partial charge >= 0.3 is 11.7 Å². The van der Waals surface area contributed by atoms with Crippen molar-refractivity contribution in [1.82, 2.24) is 9.97 Å². The van der Waals surface area contributed by atoms with Crippen LogP contribution in [0.2, 0.25) is 0 Å². The van der Waals surface area contributed by atoms with E-state index in [4.69, 9.17) is 0 Å². The third-order valence-electron chi connectivity index (χ3n) is 3.66. The molecule has 1 aromatic carbocycles. The van der Waals surface area contributed by atoms with Gasteiger partial charge in [-0.05, 0) is 42.5 Å². The summed E-state index contributed by atoms with van der Waals surface area (Å²) in [7, 11) is 1.28. The molecule has 9 heteroatoms. The summed E-state index contributed by atoms with van der Waals surface area (Å²) in [6.07, 6.45) is 1.29. The lowest BCUT2D eigenvalue weighted by molar-refractivity contribution is -0.384. The average Bonchev–Trinajstić information content (AvgIpc) is 2.68. The Labute approximate surface area is 152 Å². The third-order valence-corrected chi connectivity index (χ3v) is 3.66. The van der Waals surface area contributed by atoms with E-state index in [-0.39, 0.29) is 11.5 Å². The Kier molecular flexibility index (Phi) is 5.02. The maximum atomic E-state index is 13.0. The van der Waals surface area contributed by atoms with E-state index >= 15 is 0 Å². The van der Waals surface area contributed by atoms with Crippen molar-refractivity contribution in [3.05, 3.63) is 76.4 Å². The van der Waals surface area contributed by atoms with Crippen molar-refractivity contribution in [2.75, 3.05) is 12.4 Å². The van der Waals surface area contributed by atoms with Crippen LogP contribution in [-0.2, 0) is 4.74 Å². The molecule has 1 N–H and O–H groups in total. The number of carbonyl (C=O) groups excluding carboxylic acids is 1. The molecule has 8 nitrogen and oxygen atoms in total. The summed E-state index contributed by atoms with van der Waals surface area (Å²) in [5.74, 6) is -1.12. The van der Waals surface area contributed by atoms with Crippen LogP contribution in [0.3, 0.4) is 0 Å². The number of rotatable bonds is 5. The molecule has 0 bridgehead atoms. The van der Waals surface area contributed by atoms with E-state index in [1.165, 1.54) is 49.7 Å². The van der Waals surface area contributed by atoms with Crippen molar-refractivity contribution in [3.63, 3.8) is 0 Å². The van der Waals surface area contributed by atoms with Gasteiger partial charge in [-0.1, -0.05) is 0 Å². The summed E-state index contributed by atoms with van der Waals surface area (Å²) in [6, 6.07) is 11.6. The molecule has 0 amide bonds. The van der Waals surface area contributed by atoms with Crippen LogP contribution in [0.5, 0.6) is 0 Å². The highest BCUT2D eigenvalue weighted by Gasteiger charge is 2.17. The number of benzene rings is 1. The number of nitrogens with one attached hydrogen (secondary N) is 1. The molecule has 0 atom stereocenters. The Bertz CT molecular complexity index is 991. The van der Waals surface area contributed by atoms with Crippen LogP contribution in [0, 0.1) is 16.1 Å². The molecular formula is C18H13FN4O4. The molecule has 0 saturated carbocycles. The monoisotopic (exact) mass is 368 g/mol. The van der Waals surface area contributed by atoms with Gasteiger partial charge in [-0.2, -0.15) is 4.39 Å². The number of anilines is 2. The molecule has 2 heterocycles. The van der Waals surface area contributed by atoms with E-state index in [0.29, 0.717) is 22.5 Å². The van der Waals surface area contributed by atoms with E-state index in [1.807, 2.05) is 0 Å². The second-order valence-corrected chi connectivity index (χ2v) is 5.38. The predicted octanol–water partition coefficient (Wildman–Crippen LogP) is 3.72. The predicted molar refractivity (Wildman–Crippen MR) is 95.1 cm³/mol. The normalized spacial score (nSPS) is 10.3.